The van der Waals surface area contributed by atoms with Crippen molar-refractivity contribution in [1.29, 1.82) is 0 Å². The molecule has 0 N–H and O–H groups in total. The summed E-state index contributed by atoms with van der Waals surface area (Å²) in [6.45, 7) is 14.2. The maximum atomic E-state index is 12.6. The molecule has 1 heterocycles. The van der Waals surface area contributed by atoms with Crippen LogP contribution in [0.5, 0.6) is 0 Å². The molecule has 1 unspecified atom stereocenters. The molecule has 0 aromatic carbocycles. The van der Waals surface area contributed by atoms with Gasteiger partial charge >= 0.3 is 0 Å². The van der Waals surface area contributed by atoms with Crippen molar-refractivity contribution in [2.75, 3.05) is 59.4 Å². The average molecular weight is 312 g/mol. The normalized spacial score (nSPS) is 17.6. The van der Waals surface area contributed by atoms with E-state index in [0.29, 0.717) is 19.6 Å². The van der Waals surface area contributed by atoms with Crippen LogP contribution in [0.1, 0.15) is 27.7 Å². The number of rotatable bonds is 7. The van der Waals surface area contributed by atoms with Gasteiger partial charge in [0.05, 0.1) is 12.6 Å². The maximum Gasteiger partial charge on any atom is 0.239 e. The van der Waals surface area contributed by atoms with Gasteiger partial charge < -0.3 is 14.7 Å². The quantitative estimate of drug-likeness (QED) is 0.680. The molecule has 0 spiro atoms. The lowest BCUT2D eigenvalue weighted by molar-refractivity contribution is -0.139. The van der Waals surface area contributed by atoms with Gasteiger partial charge in [0, 0.05) is 39.3 Å². The van der Waals surface area contributed by atoms with Gasteiger partial charge in [-0.3, -0.25) is 14.5 Å². The first-order chi connectivity index (χ1) is 10.4. The van der Waals surface area contributed by atoms with Crippen molar-refractivity contribution in [1.82, 2.24) is 19.6 Å². The second-order valence-corrected chi connectivity index (χ2v) is 5.92. The summed E-state index contributed by atoms with van der Waals surface area (Å²) in [5.41, 5.74) is 0. The van der Waals surface area contributed by atoms with E-state index in [1.807, 2.05) is 37.6 Å². The van der Waals surface area contributed by atoms with Gasteiger partial charge in [-0.25, -0.2) is 0 Å². The number of likely N-dealkylation sites (N-methyl/N-ethyl adjacent to an activating group) is 3. The molecule has 1 saturated heterocycles. The smallest absolute Gasteiger partial charge is 0.239 e. The van der Waals surface area contributed by atoms with Crippen LogP contribution in [-0.4, -0.2) is 96.9 Å². The summed E-state index contributed by atoms with van der Waals surface area (Å²) in [6.07, 6.45) is 0. The van der Waals surface area contributed by atoms with E-state index < -0.39 is 0 Å². The highest BCUT2D eigenvalue weighted by atomic mass is 16.2. The molecule has 128 valence electrons. The van der Waals surface area contributed by atoms with Gasteiger partial charge in [0.1, 0.15) is 0 Å². The van der Waals surface area contributed by atoms with Crippen molar-refractivity contribution in [3.8, 4) is 0 Å². The van der Waals surface area contributed by atoms with E-state index in [4.69, 9.17) is 0 Å². The van der Waals surface area contributed by atoms with E-state index in [1.54, 1.807) is 4.90 Å². The van der Waals surface area contributed by atoms with Crippen LogP contribution in [0.4, 0.5) is 0 Å². The molecule has 1 aliphatic heterocycles. The Balaban J connectivity index is 2.50. The van der Waals surface area contributed by atoms with Crippen LogP contribution in [0.15, 0.2) is 0 Å². The lowest BCUT2D eigenvalue weighted by Gasteiger charge is -2.37. The molecule has 1 rings (SSSR count). The van der Waals surface area contributed by atoms with Crippen molar-refractivity contribution in [3.63, 3.8) is 0 Å². The van der Waals surface area contributed by atoms with Gasteiger partial charge in [-0.15, -0.1) is 0 Å². The van der Waals surface area contributed by atoms with Crippen LogP contribution in [-0.2, 0) is 9.59 Å². The molecule has 0 radical (unpaired) electrons. The third-order valence-corrected chi connectivity index (χ3v) is 4.65. The molecule has 1 atom stereocenters. The number of carbonyl (C=O) groups excluding carboxylic acids is 2. The fourth-order valence-electron chi connectivity index (χ4n) is 2.76. The molecule has 0 aromatic rings. The van der Waals surface area contributed by atoms with Gasteiger partial charge in [0.15, 0.2) is 0 Å². The Morgan fingerprint density at radius 2 is 1.59 bits per heavy atom. The summed E-state index contributed by atoms with van der Waals surface area (Å²) in [5.74, 6) is 0.216. The topological polar surface area (TPSA) is 47.1 Å². The first-order valence-corrected chi connectivity index (χ1v) is 8.43. The Kier molecular flexibility index (Phi) is 7.82. The average Bonchev–Trinajstić information content (AvgIpc) is 2.54. The van der Waals surface area contributed by atoms with E-state index in [2.05, 4.69) is 11.8 Å². The predicted molar refractivity (Wildman–Crippen MR) is 88.7 cm³/mol. The number of hydrogen-bond acceptors (Lipinski definition) is 4. The summed E-state index contributed by atoms with van der Waals surface area (Å²) >= 11 is 0. The number of carbonyl (C=O) groups is 2. The van der Waals surface area contributed by atoms with Crippen molar-refractivity contribution in [2.24, 2.45) is 0 Å². The van der Waals surface area contributed by atoms with Crippen molar-refractivity contribution in [2.45, 2.75) is 33.7 Å². The van der Waals surface area contributed by atoms with Crippen LogP contribution >= 0.6 is 0 Å². The third-order valence-electron chi connectivity index (χ3n) is 4.65. The van der Waals surface area contributed by atoms with Gasteiger partial charge in [-0.05, 0) is 34.4 Å². The molecule has 6 heteroatoms. The van der Waals surface area contributed by atoms with Crippen LogP contribution in [0.3, 0.4) is 0 Å². The highest BCUT2D eigenvalue weighted by molar-refractivity contribution is 5.83. The number of piperazine rings is 1. The highest BCUT2D eigenvalue weighted by Crippen LogP contribution is 2.07. The summed E-state index contributed by atoms with van der Waals surface area (Å²) in [7, 11) is 1.85. The largest absolute Gasteiger partial charge is 0.342 e. The maximum absolute atomic E-state index is 12.6. The Bertz CT molecular complexity index is 363. The van der Waals surface area contributed by atoms with Crippen molar-refractivity contribution >= 4 is 11.8 Å². The van der Waals surface area contributed by atoms with Crippen LogP contribution in [0.25, 0.3) is 0 Å². The lowest BCUT2D eigenvalue weighted by atomic mass is 10.2. The van der Waals surface area contributed by atoms with Gasteiger partial charge in [0.2, 0.25) is 11.8 Å². The lowest BCUT2D eigenvalue weighted by Crippen LogP contribution is -2.54. The fraction of sp³-hybridized carbons (Fsp3) is 0.875. The van der Waals surface area contributed by atoms with Crippen molar-refractivity contribution in [3.05, 3.63) is 0 Å². The zero-order valence-electron chi connectivity index (χ0n) is 14.8. The Morgan fingerprint density at radius 3 is 2.05 bits per heavy atom. The summed E-state index contributed by atoms with van der Waals surface area (Å²) in [5, 5.41) is 0. The number of amides is 2. The minimum absolute atomic E-state index is 0.0861. The van der Waals surface area contributed by atoms with Crippen LogP contribution in [0.2, 0.25) is 0 Å². The molecule has 1 fully saturated rings. The monoisotopic (exact) mass is 312 g/mol. The molecule has 0 aliphatic carbocycles. The zero-order valence-corrected chi connectivity index (χ0v) is 14.8. The Morgan fingerprint density at radius 1 is 1.05 bits per heavy atom. The Hall–Kier alpha value is -1.14. The molecule has 22 heavy (non-hydrogen) atoms. The number of nitrogens with zero attached hydrogens (tertiary/aromatic N) is 4. The van der Waals surface area contributed by atoms with Crippen LogP contribution in [0, 0.1) is 0 Å². The highest BCUT2D eigenvalue weighted by Gasteiger charge is 2.28. The summed E-state index contributed by atoms with van der Waals surface area (Å²) in [4.78, 5) is 32.7. The first-order valence-electron chi connectivity index (χ1n) is 8.43. The summed E-state index contributed by atoms with van der Waals surface area (Å²) in [6, 6.07) is -0.257. The molecule has 6 nitrogen and oxygen atoms in total. The second-order valence-electron chi connectivity index (χ2n) is 5.92. The van der Waals surface area contributed by atoms with Gasteiger partial charge in [0.25, 0.3) is 0 Å². The molecule has 1 aliphatic rings. The third kappa shape index (κ3) is 4.95. The Labute approximate surface area is 135 Å². The van der Waals surface area contributed by atoms with Gasteiger partial charge in [-0.2, -0.15) is 0 Å². The molecular weight excluding hydrogens is 280 g/mol. The number of hydrogen-bond donors (Lipinski definition) is 0. The molecular formula is C16H32N4O2. The van der Waals surface area contributed by atoms with E-state index in [1.165, 1.54) is 0 Å². The molecule has 0 aromatic heterocycles. The molecule has 0 bridgehead atoms. The molecule has 2 amide bonds. The van der Waals surface area contributed by atoms with Gasteiger partial charge in [-0.1, -0.05) is 6.92 Å². The van der Waals surface area contributed by atoms with E-state index in [-0.39, 0.29) is 17.9 Å². The van der Waals surface area contributed by atoms with E-state index >= 15 is 0 Å². The first kappa shape index (κ1) is 18.9. The van der Waals surface area contributed by atoms with E-state index in [9.17, 15) is 9.59 Å². The predicted octanol–water partition coefficient (Wildman–Crippen LogP) is 0.339. The zero-order chi connectivity index (χ0) is 16.7. The SMILES string of the molecule is CCN1CCN(C(=O)C(C)N(C)CC(=O)N(CC)CC)CC1. The van der Waals surface area contributed by atoms with E-state index in [0.717, 1.165) is 32.7 Å². The minimum Gasteiger partial charge on any atom is -0.342 e. The van der Waals surface area contributed by atoms with Crippen molar-refractivity contribution < 1.29 is 9.59 Å². The van der Waals surface area contributed by atoms with Crippen LogP contribution < -0.4 is 0 Å². The second kappa shape index (κ2) is 9.10. The molecule has 0 saturated carbocycles. The minimum atomic E-state index is -0.257. The summed E-state index contributed by atoms with van der Waals surface area (Å²) < 4.78 is 0. The standard InChI is InChI=1S/C16H32N4O2/c1-6-18-9-11-20(12-10-18)16(22)14(4)17(5)13-15(21)19(7-2)8-3/h14H,6-13H2,1-5H3. The fourth-order valence-corrected chi connectivity index (χ4v) is 2.76.